The second-order valence-corrected chi connectivity index (χ2v) is 35.3. The Balaban J connectivity index is 5.60. The first-order valence-electron chi connectivity index (χ1n) is 49.3. The van der Waals surface area contributed by atoms with Crippen LogP contribution in [-0.2, 0) is 57.5 Å². The Morgan fingerprint density at radius 1 is 0.191 bits per heavy atom. The highest BCUT2D eigenvalue weighted by Crippen LogP contribution is 2.65. The van der Waals surface area contributed by atoms with Gasteiger partial charge in [0.1, 0.15) is 0 Å². The Bertz CT molecular complexity index is 1910. The van der Waals surface area contributed by atoms with Gasteiger partial charge in [-0.05, 0) is 64.2 Å². The van der Waals surface area contributed by atoms with Gasteiger partial charge in [-0.3, -0.25) is 4.55 Å². The van der Waals surface area contributed by atoms with Crippen LogP contribution in [0, 0.1) is 0 Å². The van der Waals surface area contributed by atoms with E-state index in [4.69, 9.17) is 47.4 Å². The van der Waals surface area contributed by atoms with Crippen molar-refractivity contribution in [2.45, 2.75) is 553 Å². The molecule has 1 aliphatic rings. The smallest absolute Gasteiger partial charge is 0.304 e. The molecule has 110 heavy (non-hydrogen) atoms. The van der Waals surface area contributed by atoms with Crippen molar-refractivity contribution in [3.63, 3.8) is 0 Å². The van der Waals surface area contributed by atoms with E-state index in [1.807, 2.05) is 0 Å². The third kappa shape index (κ3) is 44.5. The molecular weight excluding hydrogens is 1390 g/mol. The maximum absolute atomic E-state index is 17.2. The lowest BCUT2D eigenvalue weighted by Gasteiger charge is -2.69. The van der Waals surface area contributed by atoms with Crippen LogP contribution in [0.1, 0.15) is 519 Å². The summed E-state index contributed by atoms with van der Waals surface area (Å²) in [6.45, 7) is 23.6. The van der Waals surface area contributed by atoms with Crippen molar-refractivity contribution in [3.05, 3.63) is 0 Å². The lowest BCUT2D eigenvalue weighted by Crippen LogP contribution is -2.96. The second kappa shape index (κ2) is 75.9. The minimum absolute atomic E-state index is 0.0348. The predicted octanol–water partition coefficient (Wildman–Crippen LogP) is 30.4. The maximum atomic E-state index is 17.2. The predicted molar refractivity (Wildman–Crippen MR) is 468 cm³/mol. The van der Waals surface area contributed by atoms with Crippen molar-refractivity contribution < 1.29 is 60.3 Å². The minimum Gasteiger partial charge on any atom is -0.368 e. The fraction of sp³-hybridized carbons (Fsp3) is 1.00. The first-order chi connectivity index (χ1) is 54.0. The molecule has 2 unspecified atom stereocenters. The van der Waals surface area contributed by atoms with Gasteiger partial charge in [0.2, 0.25) is 0 Å². The van der Waals surface area contributed by atoms with E-state index in [1.54, 1.807) is 0 Å². The second-order valence-electron chi connectivity index (χ2n) is 33.8. The highest BCUT2D eigenvalue weighted by atomic mass is 32.2. The average Bonchev–Trinajstić information content (AvgIpc) is 0.642. The summed E-state index contributed by atoms with van der Waals surface area (Å²) in [6, 6.07) is 0. The highest BCUT2D eigenvalue weighted by molar-refractivity contribution is 7.87. The van der Waals surface area contributed by atoms with Crippen LogP contribution in [-0.4, -0.2) is 113 Å². The molecule has 0 aromatic heterocycles. The number of unbranched alkanes of at least 4 members (excludes halogenated alkanes) is 60. The molecule has 0 aromatic rings. The van der Waals surface area contributed by atoms with Crippen LogP contribution in [0.4, 0.5) is 0 Å². The fourth-order valence-corrected chi connectivity index (χ4v) is 17.8. The van der Waals surface area contributed by atoms with Crippen LogP contribution < -0.4 is 0 Å². The molecule has 13 nitrogen and oxygen atoms in total. The SMILES string of the molecule is CCCCCCCCCOC1C(OCCCCCCCCC)(OCCCCCCCCC)C(OCCCCCCCCC)(OCCCCCCCCC)C(OCCCCCCCCC)(OCCCCCCCCC)C(OCCCCCCCCC)(OCCCCCCCCC)C1(OCCCCCCCCC)S(=O)(=O)O. The largest absolute Gasteiger partial charge is 0.368 e. The molecular formula is C96H192O13S. The van der Waals surface area contributed by atoms with E-state index in [2.05, 4.69) is 69.2 Å². The van der Waals surface area contributed by atoms with Gasteiger partial charge in [-0.2, -0.15) is 8.42 Å². The lowest BCUT2D eigenvalue weighted by molar-refractivity contribution is -0.597. The van der Waals surface area contributed by atoms with E-state index >= 15 is 8.42 Å². The number of hydrogen-bond acceptors (Lipinski definition) is 12. The third-order valence-electron chi connectivity index (χ3n) is 23.4. The molecule has 0 aliphatic heterocycles. The van der Waals surface area contributed by atoms with Gasteiger partial charge >= 0.3 is 10.1 Å². The number of ether oxygens (including phenoxy) is 10. The molecule has 1 saturated carbocycles. The van der Waals surface area contributed by atoms with Crippen molar-refractivity contribution in [2.24, 2.45) is 0 Å². The lowest BCUT2D eigenvalue weighted by atomic mass is 9.71. The Morgan fingerprint density at radius 2 is 0.345 bits per heavy atom. The first kappa shape index (κ1) is 108. The molecule has 2 atom stereocenters. The normalized spacial score (nSPS) is 16.8. The molecule has 0 bridgehead atoms. The molecule has 1 fully saturated rings. The molecule has 14 heteroatoms. The Kier molecular flexibility index (Phi) is 74.2. The monoisotopic (exact) mass is 1590 g/mol. The summed E-state index contributed by atoms with van der Waals surface area (Å²) < 4.78 is 130. The van der Waals surface area contributed by atoms with Crippen molar-refractivity contribution in [1.29, 1.82) is 0 Å². The van der Waals surface area contributed by atoms with Gasteiger partial charge in [0.05, 0.1) is 52.9 Å². The zero-order chi connectivity index (χ0) is 80.2. The standard InChI is InChI=1S/C96H192O13S/c1-11-21-31-41-51-61-71-81-100-91-92(101-82-72-62-52-42-32-22-12-2,102-83-73-63-53-43-33-23-13-3)94(104-85-75-65-55-45-35-25-15-5,105-86-76-66-56-46-36-26-16-6)96(108-89-79-69-59-49-39-29-19-9,109-90-80-70-60-50-40-30-20-10)95(106-87-77-67-57-47-37-27-17-7,107-88-78-68-58-48-38-28-18-8)93(91,110(97,98)99)103-84-74-64-54-44-34-24-14-4/h91H,11-90H2,1-10H3,(H,97,98,99). The van der Waals surface area contributed by atoms with Gasteiger partial charge < -0.3 is 47.4 Å². The Labute approximate surface area is 685 Å². The van der Waals surface area contributed by atoms with Crippen LogP contribution in [0.2, 0.25) is 0 Å². The summed E-state index contributed by atoms with van der Waals surface area (Å²) >= 11 is 0. The van der Waals surface area contributed by atoms with Gasteiger partial charge in [-0.1, -0.05) is 454 Å². The van der Waals surface area contributed by atoms with E-state index in [0.717, 1.165) is 289 Å². The van der Waals surface area contributed by atoms with Crippen LogP contribution in [0.3, 0.4) is 0 Å². The van der Waals surface area contributed by atoms with Gasteiger partial charge in [0.25, 0.3) is 28.1 Å². The topological polar surface area (TPSA) is 147 Å². The minimum atomic E-state index is -5.72. The molecule has 660 valence electrons. The summed E-state index contributed by atoms with van der Waals surface area (Å²) in [6.07, 6.45) is 69.0. The van der Waals surface area contributed by atoms with Crippen molar-refractivity contribution in [1.82, 2.24) is 0 Å². The molecule has 0 radical (unpaired) electrons. The molecule has 0 heterocycles. The summed E-state index contributed by atoms with van der Waals surface area (Å²) in [5.74, 6) is -10.0. The van der Waals surface area contributed by atoms with Gasteiger partial charge in [-0.25, -0.2) is 0 Å². The molecule has 1 N–H and O–H groups in total. The zero-order valence-electron chi connectivity index (χ0n) is 75.4. The molecule has 1 rings (SSSR count). The molecule has 1 aliphatic carbocycles. The maximum Gasteiger partial charge on any atom is 0.304 e. The number of rotatable bonds is 91. The van der Waals surface area contributed by atoms with E-state index in [9.17, 15) is 4.55 Å². The van der Waals surface area contributed by atoms with Crippen LogP contribution in [0.15, 0.2) is 0 Å². The Morgan fingerprint density at radius 3 is 0.545 bits per heavy atom. The van der Waals surface area contributed by atoms with E-state index in [0.29, 0.717) is 64.2 Å². The molecule has 0 saturated heterocycles. The summed E-state index contributed by atoms with van der Waals surface area (Å²) in [5, 5.41) is 0. The molecule has 0 spiro atoms. The van der Waals surface area contributed by atoms with E-state index < -0.39 is 44.3 Å². The average molecular weight is 1590 g/mol. The van der Waals surface area contributed by atoms with Gasteiger partial charge in [-0.15, -0.1) is 0 Å². The summed E-state index contributed by atoms with van der Waals surface area (Å²) in [7, 11) is -5.72. The Hall–Kier alpha value is -0.490. The zero-order valence-corrected chi connectivity index (χ0v) is 76.2. The first-order valence-corrected chi connectivity index (χ1v) is 50.8. The van der Waals surface area contributed by atoms with E-state index in [1.165, 1.54) is 96.3 Å². The van der Waals surface area contributed by atoms with Crippen LogP contribution in [0.5, 0.6) is 0 Å². The van der Waals surface area contributed by atoms with Gasteiger partial charge in [0, 0.05) is 13.2 Å². The van der Waals surface area contributed by atoms with E-state index in [-0.39, 0.29) is 66.1 Å². The van der Waals surface area contributed by atoms with Crippen molar-refractivity contribution >= 4 is 10.1 Å². The molecule has 0 amide bonds. The van der Waals surface area contributed by atoms with Crippen LogP contribution >= 0.6 is 0 Å². The highest BCUT2D eigenvalue weighted by Gasteiger charge is 2.96. The summed E-state index contributed by atoms with van der Waals surface area (Å²) in [4.78, 5) is -3.01. The fourth-order valence-electron chi connectivity index (χ4n) is 16.5. The summed E-state index contributed by atoms with van der Waals surface area (Å²) in [5.41, 5.74) is 0. The third-order valence-corrected chi connectivity index (χ3v) is 24.8. The van der Waals surface area contributed by atoms with Crippen molar-refractivity contribution in [2.75, 3.05) is 66.1 Å². The van der Waals surface area contributed by atoms with Gasteiger partial charge in [0.15, 0.2) is 6.10 Å². The number of hydrogen-bond donors (Lipinski definition) is 1. The van der Waals surface area contributed by atoms with Crippen molar-refractivity contribution in [3.8, 4) is 0 Å². The van der Waals surface area contributed by atoms with Crippen LogP contribution in [0.25, 0.3) is 0 Å². The quantitative estimate of drug-likeness (QED) is 0.0350. The molecule has 0 aromatic carbocycles.